The molecule has 5 rings (SSSR count). The number of pyridine rings is 2. The second-order valence-electron chi connectivity index (χ2n) is 8.01. The molecule has 0 fully saturated rings. The lowest BCUT2D eigenvalue weighted by Gasteiger charge is -2.30. The molecular weight excluding hydrogens is 456 g/mol. The van der Waals surface area contributed by atoms with E-state index in [0.717, 1.165) is 16.4 Å². The molecule has 5 aromatic rings. The van der Waals surface area contributed by atoms with Crippen LogP contribution in [0.15, 0.2) is 48.8 Å². The fourth-order valence-electron chi connectivity index (χ4n) is 3.97. The highest BCUT2D eigenvalue weighted by Crippen LogP contribution is 2.28. The third-order valence-electron chi connectivity index (χ3n) is 5.79. The van der Waals surface area contributed by atoms with Gasteiger partial charge in [-0.05, 0) is 36.4 Å². The maximum Gasteiger partial charge on any atom is 0.272 e. The molecule has 34 heavy (non-hydrogen) atoms. The van der Waals surface area contributed by atoms with E-state index in [0.29, 0.717) is 33.0 Å². The molecule has 0 aliphatic heterocycles. The van der Waals surface area contributed by atoms with Crippen molar-refractivity contribution in [1.82, 2.24) is 34.4 Å². The summed E-state index contributed by atoms with van der Waals surface area (Å²) in [5, 5.41) is 13.5. The van der Waals surface area contributed by atoms with Gasteiger partial charge in [0.2, 0.25) is 5.91 Å². The van der Waals surface area contributed by atoms with Gasteiger partial charge in [-0.25, -0.2) is 14.5 Å². The molecule has 2 N–H and O–H groups in total. The van der Waals surface area contributed by atoms with Crippen LogP contribution in [-0.2, 0) is 18.4 Å². The zero-order chi connectivity index (χ0) is 24.1. The SMILES string of the molecule is CC(=O)N(C)N(Cc1cc2cc(Cl)ccn2n1)C(=O)c1ccc2nc(N)c3cnn(C)c3c2c1. The topological polar surface area (TPSA) is 115 Å². The average molecular weight is 477 g/mol. The lowest BCUT2D eigenvalue weighted by Crippen LogP contribution is -2.46. The maximum absolute atomic E-state index is 13.6. The summed E-state index contributed by atoms with van der Waals surface area (Å²) in [6, 6.07) is 10.5. The number of hydrogen-bond donors (Lipinski definition) is 1. The minimum Gasteiger partial charge on any atom is -0.383 e. The number of anilines is 1. The monoisotopic (exact) mass is 476 g/mol. The Kier molecular flexibility index (Phi) is 5.09. The van der Waals surface area contributed by atoms with Gasteiger partial charge < -0.3 is 5.73 Å². The fourth-order valence-corrected chi connectivity index (χ4v) is 4.14. The largest absolute Gasteiger partial charge is 0.383 e. The minimum absolute atomic E-state index is 0.0906. The molecule has 0 aliphatic carbocycles. The third-order valence-corrected chi connectivity index (χ3v) is 6.03. The van der Waals surface area contributed by atoms with Gasteiger partial charge in [-0.3, -0.25) is 19.3 Å². The van der Waals surface area contributed by atoms with Gasteiger partial charge in [-0.15, -0.1) is 0 Å². The van der Waals surface area contributed by atoms with Crippen LogP contribution in [0.5, 0.6) is 0 Å². The molecule has 0 saturated carbocycles. The first kappa shape index (κ1) is 21.7. The van der Waals surface area contributed by atoms with Crippen molar-refractivity contribution < 1.29 is 9.59 Å². The summed E-state index contributed by atoms with van der Waals surface area (Å²) in [4.78, 5) is 30.3. The Hall–Kier alpha value is -4.18. The van der Waals surface area contributed by atoms with Crippen molar-refractivity contribution in [1.29, 1.82) is 0 Å². The molecule has 1 aromatic carbocycles. The molecule has 11 heteroatoms. The van der Waals surface area contributed by atoms with E-state index in [4.69, 9.17) is 17.3 Å². The van der Waals surface area contributed by atoms with Crippen LogP contribution < -0.4 is 5.73 Å². The van der Waals surface area contributed by atoms with E-state index in [1.807, 2.05) is 6.07 Å². The Balaban J connectivity index is 1.57. The van der Waals surface area contributed by atoms with Gasteiger partial charge in [0.25, 0.3) is 5.91 Å². The molecule has 0 saturated heterocycles. The number of nitrogen functional groups attached to an aromatic ring is 1. The number of fused-ring (bicyclic) bond motifs is 4. The first-order valence-electron chi connectivity index (χ1n) is 10.4. The van der Waals surface area contributed by atoms with Crippen molar-refractivity contribution in [3.63, 3.8) is 0 Å². The Morgan fingerprint density at radius 1 is 1.15 bits per heavy atom. The summed E-state index contributed by atoms with van der Waals surface area (Å²) < 4.78 is 3.37. The normalized spacial score (nSPS) is 11.4. The Bertz CT molecular complexity index is 1610. The number of carbonyl (C=O) groups is 2. The maximum atomic E-state index is 13.6. The molecule has 10 nitrogen and oxygen atoms in total. The number of rotatable bonds is 3. The van der Waals surface area contributed by atoms with E-state index in [1.165, 1.54) is 16.9 Å². The van der Waals surface area contributed by atoms with Gasteiger partial charge in [0.05, 0.1) is 40.4 Å². The summed E-state index contributed by atoms with van der Waals surface area (Å²) in [7, 11) is 3.36. The highest BCUT2D eigenvalue weighted by atomic mass is 35.5. The third kappa shape index (κ3) is 3.57. The highest BCUT2D eigenvalue weighted by molar-refractivity contribution is 6.30. The fraction of sp³-hybridized carbons (Fsp3) is 0.174. The van der Waals surface area contributed by atoms with E-state index in [9.17, 15) is 9.59 Å². The van der Waals surface area contributed by atoms with E-state index in [2.05, 4.69) is 15.2 Å². The zero-order valence-corrected chi connectivity index (χ0v) is 19.5. The lowest BCUT2D eigenvalue weighted by atomic mass is 10.1. The van der Waals surface area contributed by atoms with Crippen molar-refractivity contribution in [3.8, 4) is 0 Å². The highest BCUT2D eigenvalue weighted by Gasteiger charge is 2.24. The summed E-state index contributed by atoms with van der Waals surface area (Å²) in [6.07, 6.45) is 3.39. The predicted molar refractivity (Wildman–Crippen MR) is 129 cm³/mol. The van der Waals surface area contributed by atoms with Crippen LogP contribution in [0, 0.1) is 0 Å². The van der Waals surface area contributed by atoms with Gasteiger partial charge in [0.1, 0.15) is 5.82 Å². The van der Waals surface area contributed by atoms with E-state index in [1.54, 1.807) is 66.0 Å². The van der Waals surface area contributed by atoms with E-state index in [-0.39, 0.29) is 18.4 Å². The molecule has 0 aliphatic rings. The van der Waals surface area contributed by atoms with E-state index >= 15 is 0 Å². The molecule has 4 aromatic heterocycles. The summed E-state index contributed by atoms with van der Waals surface area (Å²) in [6.45, 7) is 1.49. The number of amides is 2. The minimum atomic E-state index is -0.359. The number of benzene rings is 1. The smallest absolute Gasteiger partial charge is 0.272 e. The Morgan fingerprint density at radius 2 is 1.94 bits per heavy atom. The molecule has 4 heterocycles. The first-order chi connectivity index (χ1) is 16.2. The lowest BCUT2D eigenvalue weighted by molar-refractivity contribution is -0.140. The molecular formula is C23H21ClN8O2. The Morgan fingerprint density at radius 3 is 2.71 bits per heavy atom. The number of aryl methyl sites for hydroxylation is 1. The summed E-state index contributed by atoms with van der Waals surface area (Å²) >= 11 is 6.08. The molecule has 0 unspecified atom stereocenters. The second-order valence-corrected chi connectivity index (χ2v) is 8.45. The van der Waals surface area contributed by atoms with Crippen molar-refractivity contribution in [3.05, 3.63) is 65.1 Å². The zero-order valence-electron chi connectivity index (χ0n) is 18.7. The van der Waals surface area contributed by atoms with Crippen LogP contribution in [0.1, 0.15) is 23.0 Å². The first-order valence-corrected chi connectivity index (χ1v) is 10.8. The van der Waals surface area contributed by atoms with Gasteiger partial charge in [-0.2, -0.15) is 10.2 Å². The quantitative estimate of drug-likeness (QED) is 0.400. The molecule has 0 bridgehead atoms. The number of halogens is 1. The van der Waals surface area contributed by atoms with Crippen LogP contribution in [0.3, 0.4) is 0 Å². The standard InChI is InChI=1S/C23H21ClN8O2/c1-13(33)30(3)32(12-16-10-17-9-15(24)6-7-31(17)28-16)23(34)14-4-5-20-18(8-14)21-19(22(25)27-20)11-26-29(21)2/h4-11H,12H2,1-3H3,(H2,25,27). The predicted octanol–water partition coefficient (Wildman–Crippen LogP) is 3.04. The van der Waals surface area contributed by atoms with Crippen LogP contribution in [0.4, 0.5) is 5.82 Å². The molecule has 0 radical (unpaired) electrons. The van der Waals surface area contributed by atoms with Gasteiger partial charge >= 0.3 is 0 Å². The number of carbonyl (C=O) groups excluding carboxylic acids is 2. The summed E-state index contributed by atoms with van der Waals surface area (Å²) in [5.74, 6) is -0.272. The van der Waals surface area contributed by atoms with Crippen molar-refractivity contribution in [2.75, 3.05) is 12.8 Å². The molecule has 172 valence electrons. The summed E-state index contributed by atoms with van der Waals surface area (Å²) in [5.41, 5.74) is 9.29. The van der Waals surface area contributed by atoms with Gasteiger partial charge in [-0.1, -0.05) is 11.6 Å². The number of hydrazine groups is 1. The number of hydrogen-bond acceptors (Lipinski definition) is 6. The van der Waals surface area contributed by atoms with E-state index < -0.39 is 0 Å². The molecule has 2 amide bonds. The van der Waals surface area contributed by atoms with Crippen molar-refractivity contribution >= 4 is 56.6 Å². The number of nitrogens with zero attached hydrogens (tertiary/aromatic N) is 7. The molecule has 0 spiro atoms. The van der Waals surface area contributed by atoms with Crippen molar-refractivity contribution in [2.45, 2.75) is 13.5 Å². The van der Waals surface area contributed by atoms with Crippen LogP contribution in [0.25, 0.3) is 27.3 Å². The Labute approximate surface area is 199 Å². The second kappa shape index (κ2) is 7.99. The number of nitrogens with two attached hydrogens (primary N) is 1. The average Bonchev–Trinajstić information content (AvgIpc) is 3.39. The van der Waals surface area contributed by atoms with Crippen LogP contribution in [0.2, 0.25) is 5.02 Å². The van der Waals surface area contributed by atoms with Gasteiger partial charge in [0, 0.05) is 43.2 Å². The van der Waals surface area contributed by atoms with Crippen molar-refractivity contribution in [2.24, 2.45) is 7.05 Å². The van der Waals surface area contributed by atoms with Crippen LogP contribution in [-0.4, -0.2) is 53.3 Å². The number of aromatic nitrogens is 5. The van der Waals surface area contributed by atoms with Crippen LogP contribution >= 0.6 is 11.6 Å². The van der Waals surface area contributed by atoms with Gasteiger partial charge in [0.15, 0.2) is 0 Å². The molecule has 0 atom stereocenters.